The van der Waals surface area contributed by atoms with Crippen molar-refractivity contribution in [3.05, 3.63) is 23.8 Å². The Morgan fingerprint density at radius 1 is 1.47 bits per heavy atom. The van der Waals surface area contributed by atoms with Crippen LogP contribution in [0.1, 0.15) is 31.7 Å². The molecule has 94 valence electrons. The maximum Gasteiger partial charge on any atom is 0.304 e. The summed E-state index contributed by atoms with van der Waals surface area (Å²) in [6.45, 7) is 4.26. The van der Waals surface area contributed by atoms with Gasteiger partial charge in [0.2, 0.25) is 0 Å². The molecule has 1 aromatic rings. The molecular weight excluding hydrogens is 236 g/mol. The molecule has 0 saturated carbocycles. The van der Waals surface area contributed by atoms with Gasteiger partial charge in [-0.25, -0.2) is 0 Å². The van der Waals surface area contributed by atoms with Crippen molar-refractivity contribution in [2.24, 2.45) is 0 Å². The number of benzene rings is 1. The Balaban J connectivity index is 2.79. The summed E-state index contributed by atoms with van der Waals surface area (Å²) in [5, 5.41) is 8.62. The number of thioether (sulfide) groups is 1. The molecule has 0 radical (unpaired) electrons. The molecule has 1 N–H and O–H groups in total. The topological polar surface area (TPSA) is 46.5 Å². The second-order valence-corrected chi connectivity index (χ2v) is 5.19. The Bertz CT molecular complexity index is 388. The SMILES string of the molecule is COc1ccc(C(C)C)cc1SCCC(=O)O. The highest BCUT2D eigenvalue weighted by Gasteiger charge is 2.08. The van der Waals surface area contributed by atoms with E-state index in [1.807, 2.05) is 12.1 Å². The van der Waals surface area contributed by atoms with Gasteiger partial charge < -0.3 is 9.84 Å². The zero-order valence-corrected chi connectivity index (χ0v) is 11.2. The van der Waals surface area contributed by atoms with Crippen LogP contribution in [0.25, 0.3) is 0 Å². The molecule has 0 aromatic heterocycles. The van der Waals surface area contributed by atoms with Crippen LogP contribution in [-0.2, 0) is 4.79 Å². The first-order valence-corrected chi connectivity index (χ1v) is 6.55. The first-order valence-electron chi connectivity index (χ1n) is 5.57. The molecule has 0 spiro atoms. The van der Waals surface area contributed by atoms with Crippen molar-refractivity contribution in [1.29, 1.82) is 0 Å². The monoisotopic (exact) mass is 254 g/mol. The quantitative estimate of drug-likeness (QED) is 0.790. The average molecular weight is 254 g/mol. The number of carboxylic acid groups (broad SMARTS) is 1. The van der Waals surface area contributed by atoms with Crippen molar-refractivity contribution < 1.29 is 14.6 Å². The molecule has 0 aliphatic rings. The normalized spacial score (nSPS) is 10.6. The van der Waals surface area contributed by atoms with Crippen LogP contribution in [-0.4, -0.2) is 23.9 Å². The van der Waals surface area contributed by atoms with Gasteiger partial charge in [0.15, 0.2) is 0 Å². The third-order valence-electron chi connectivity index (χ3n) is 2.43. The molecule has 0 saturated heterocycles. The van der Waals surface area contributed by atoms with Gasteiger partial charge in [0, 0.05) is 10.6 Å². The summed E-state index contributed by atoms with van der Waals surface area (Å²) in [4.78, 5) is 11.5. The van der Waals surface area contributed by atoms with Crippen molar-refractivity contribution in [3.8, 4) is 5.75 Å². The van der Waals surface area contributed by atoms with Gasteiger partial charge in [0.25, 0.3) is 0 Å². The molecule has 3 nitrogen and oxygen atoms in total. The maximum atomic E-state index is 10.5. The van der Waals surface area contributed by atoms with E-state index in [2.05, 4.69) is 19.9 Å². The first kappa shape index (κ1) is 13.9. The fourth-order valence-corrected chi connectivity index (χ4v) is 2.42. The average Bonchev–Trinajstić information content (AvgIpc) is 2.28. The third kappa shape index (κ3) is 4.30. The van der Waals surface area contributed by atoms with Gasteiger partial charge >= 0.3 is 5.97 Å². The summed E-state index contributed by atoms with van der Waals surface area (Å²) in [5.41, 5.74) is 1.24. The number of rotatable bonds is 6. The molecule has 0 aliphatic heterocycles. The van der Waals surface area contributed by atoms with Gasteiger partial charge in [-0.3, -0.25) is 4.79 Å². The van der Waals surface area contributed by atoms with E-state index >= 15 is 0 Å². The van der Waals surface area contributed by atoms with Crippen LogP contribution >= 0.6 is 11.8 Å². The van der Waals surface area contributed by atoms with E-state index in [9.17, 15) is 4.79 Å². The Morgan fingerprint density at radius 2 is 2.18 bits per heavy atom. The van der Waals surface area contributed by atoms with Crippen molar-refractivity contribution in [1.82, 2.24) is 0 Å². The fraction of sp³-hybridized carbons (Fsp3) is 0.462. The van der Waals surface area contributed by atoms with Gasteiger partial charge in [-0.15, -0.1) is 11.8 Å². The van der Waals surface area contributed by atoms with Crippen LogP contribution in [0.5, 0.6) is 5.75 Å². The molecule has 0 bridgehead atoms. The lowest BCUT2D eigenvalue weighted by molar-refractivity contribution is -0.136. The second kappa shape index (κ2) is 6.55. The van der Waals surface area contributed by atoms with Crippen molar-refractivity contribution in [2.45, 2.75) is 31.1 Å². The summed E-state index contributed by atoms with van der Waals surface area (Å²) >= 11 is 1.53. The van der Waals surface area contributed by atoms with E-state index in [1.54, 1.807) is 7.11 Å². The number of hydrogen-bond donors (Lipinski definition) is 1. The second-order valence-electron chi connectivity index (χ2n) is 4.06. The smallest absolute Gasteiger partial charge is 0.304 e. The van der Waals surface area contributed by atoms with E-state index in [1.165, 1.54) is 17.3 Å². The summed E-state index contributed by atoms with van der Waals surface area (Å²) in [6, 6.07) is 6.07. The first-order chi connectivity index (χ1) is 8.04. The maximum absolute atomic E-state index is 10.5. The van der Waals surface area contributed by atoms with Gasteiger partial charge in [-0.1, -0.05) is 19.9 Å². The van der Waals surface area contributed by atoms with Crippen LogP contribution < -0.4 is 4.74 Å². The molecule has 0 atom stereocenters. The molecule has 0 fully saturated rings. The number of carboxylic acids is 1. The minimum atomic E-state index is -0.767. The Morgan fingerprint density at radius 3 is 2.71 bits per heavy atom. The van der Waals surface area contributed by atoms with Gasteiger partial charge in [-0.2, -0.15) is 0 Å². The van der Waals surface area contributed by atoms with Crippen molar-refractivity contribution >= 4 is 17.7 Å². The van der Waals surface area contributed by atoms with Crippen LogP contribution in [0.2, 0.25) is 0 Å². The lowest BCUT2D eigenvalue weighted by atomic mass is 10.0. The van der Waals surface area contributed by atoms with Crippen molar-refractivity contribution in [2.75, 3.05) is 12.9 Å². The predicted octanol–water partition coefficient (Wildman–Crippen LogP) is 3.39. The van der Waals surface area contributed by atoms with Crippen LogP contribution in [0.15, 0.2) is 23.1 Å². The summed E-state index contributed by atoms with van der Waals surface area (Å²) in [7, 11) is 1.63. The summed E-state index contributed by atoms with van der Waals surface area (Å²) in [5.74, 6) is 1.06. The van der Waals surface area contributed by atoms with E-state index in [4.69, 9.17) is 9.84 Å². The van der Waals surface area contributed by atoms with Gasteiger partial charge in [0.05, 0.1) is 13.5 Å². The lowest BCUT2D eigenvalue weighted by Gasteiger charge is -2.12. The Labute approximate surface area is 106 Å². The summed E-state index contributed by atoms with van der Waals surface area (Å²) in [6.07, 6.45) is 0.166. The molecule has 1 rings (SSSR count). The summed E-state index contributed by atoms with van der Waals surface area (Å²) < 4.78 is 5.27. The number of carbonyl (C=O) groups is 1. The van der Waals surface area contributed by atoms with Crippen LogP contribution in [0.4, 0.5) is 0 Å². The number of aliphatic carboxylic acids is 1. The minimum absolute atomic E-state index is 0.166. The van der Waals surface area contributed by atoms with E-state index in [-0.39, 0.29) is 6.42 Å². The molecule has 0 amide bonds. The largest absolute Gasteiger partial charge is 0.496 e. The molecular formula is C13H18O3S. The fourth-order valence-electron chi connectivity index (χ4n) is 1.41. The van der Waals surface area contributed by atoms with Crippen LogP contribution in [0, 0.1) is 0 Å². The zero-order valence-electron chi connectivity index (χ0n) is 10.4. The number of methoxy groups -OCH3 is 1. The van der Waals surface area contributed by atoms with Gasteiger partial charge in [0.1, 0.15) is 5.75 Å². The standard InChI is InChI=1S/C13H18O3S/c1-9(2)10-4-5-11(16-3)12(8-10)17-7-6-13(14)15/h4-5,8-9H,6-7H2,1-3H3,(H,14,15). The highest BCUT2D eigenvalue weighted by atomic mass is 32.2. The number of hydrogen-bond acceptors (Lipinski definition) is 3. The minimum Gasteiger partial charge on any atom is -0.496 e. The molecule has 0 heterocycles. The predicted molar refractivity (Wildman–Crippen MR) is 70.1 cm³/mol. The zero-order chi connectivity index (χ0) is 12.8. The van der Waals surface area contributed by atoms with Crippen LogP contribution in [0.3, 0.4) is 0 Å². The molecule has 0 unspecified atom stereocenters. The van der Waals surface area contributed by atoms with E-state index in [0.29, 0.717) is 11.7 Å². The van der Waals surface area contributed by atoms with E-state index in [0.717, 1.165) is 10.6 Å². The Kier molecular flexibility index (Phi) is 5.35. The molecule has 0 aliphatic carbocycles. The molecule has 1 aromatic carbocycles. The van der Waals surface area contributed by atoms with Crippen molar-refractivity contribution in [3.63, 3.8) is 0 Å². The highest BCUT2D eigenvalue weighted by molar-refractivity contribution is 7.99. The Hall–Kier alpha value is -1.16. The third-order valence-corrected chi connectivity index (χ3v) is 3.47. The lowest BCUT2D eigenvalue weighted by Crippen LogP contribution is -1.97. The number of ether oxygens (including phenoxy) is 1. The molecule has 17 heavy (non-hydrogen) atoms. The highest BCUT2D eigenvalue weighted by Crippen LogP contribution is 2.32. The van der Waals surface area contributed by atoms with Gasteiger partial charge in [-0.05, 0) is 23.6 Å². The van der Waals surface area contributed by atoms with E-state index < -0.39 is 5.97 Å². The molecule has 4 heteroatoms.